The van der Waals surface area contributed by atoms with E-state index < -0.39 is 0 Å². The number of hydrogen-bond acceptors (Lipinski definition) is 3. The van der Waals surface area contributed by atoms with E-state index in [-0.39, 0.29) is 11.9 Å². The van der Waals surface area contributed by atoms with Crippen LogP contribution in [-0.2, 0) is 11.3 Å². The molecule has 2 aromatic heterocycles. The molecular formula is C31H30N4O2. The van der Waals surface area contributed by atoms with Gasteiger partial charge in [-0.3, -0.25) is 4.79 Å². The Morgan fingerprint density at radius 2 is 1.68 bits per heavy atom. The smallest absolute Gasteiger partial charge is 0.256 e. The van der Waals surface area contributed by atoms with Gasteiger partial charge in [0.1, 0.15) is 0 Å². The molecule has 3 heterocycles. The number of ether oxygens (including phenoxy) is 1. The van der Waals surface area contributed by atoms with Crippen LogP contribution in [0.4, 0.5) is 0 Å². The number of nitrogens with zero attached hydrogens (tertiary/aromatic N) is 4. The third-order valence-electron chi connectivity index (χ3n) is 7.28. The molecule has 0 bridgehead atoms. The van der Waals surface area contributed by atoms with Crippen LogP contribution in [-0.4, -0.2) is 51.2 Å². The van der Waals surface area contributed by atoms with Crippen LogP contribution in [0.1, 0.15) is 34.6 Å². The van der Waals surface area contributed by atoms with Gasteiger partial charge in [-0.25, -0.2) is 4.98 Å². The Bertz CT molecular complexity index is 1520. The van der Waals surface area contributed by atoms with Gasteiger partial charge in [-0.15, -0.1) is 0 Å². The molecule has 0 saturated carbocycles. The van der Waals surface area contributed by atoms with Crippen LogP contribution in [0.5, 0.6) is 0 Å². The van der Waals surface area contributed by atoms with Crippen molar-refractivity contribution in [1.29, 1.82) is 0 Å². The van der Waals surface area contributed by atoms with Crippen LogP contribution in [0.2, 0.25) is 0 Å². The van der Waals surface area contributed by atoms with E-state index >= 15 is 0 Å². The molecule has 1 aliphatic rings. The van der Waals surface area contributed by atoms with Crippen molar-refractivity contribution in [2.24, 2.45) is 0 Å². The molecule has 6 rings (SSSR count). The summed E-state index contributed by atoms with van der Waals surface area (Å²) in [6.45, 7) is 5.18. The summed E-state index contributed by atoms with van der Waals surface area (Å²) in [7, 11) is 0. The second kappa shape index (κ2) is 10.1. The monoisotopic (exact) mass is 490 g/mol. The summed E-state index contributed by atoms with van der Waals surface area (Å²) < 4.78 is 9.82. The molecule has 0 radical (unpaired) electrons. The number of imidazole rings is 1. The number of morpholine rings is 1. The molecule has 1 atom stereocenters. The number of aromatic nitrogens is 3. The minimum absolute atomic E-state index is 0.0520. The van der Waals surface area contributed by atoms with Crippen molar-refractivity contribution in [3.05, 3.63) is 115 Å². The lowest BCUT2D eigenvalue weighted by Gasteiger charge is -2.27. The Labute approximate surface area is 216 Å². The highest BCUT2D eigenvalue weighted by Crippen LogP contribution is 2.33. The van der Waals surface area contributed by atoms with Crippen molar-refractivity contribution >= 4 is 16.7 Å². The zero-order valence-electron chi connectivity index (χ0n) is 21.0. The number of carbonyl (C=O) groups is 1. The van der Waals surface area contributed by atoms with Crippen molar-refractivity contribution in [2.45, 2.75) is 19.5 Å². The van der Waals surface area contributed by atoms with Gasteiger partial charge in [0.05, 0.1) is 43.4 Å². The first-order valence-corrected chi connectivity index (χ1v) is 12.8. The highest BCUT2D eigenvalue weighted by atomic mass is 16.5. The van der Waals surface area contributed by atoms with Crippen molar-refractivity contribution in [2.75, 3.05) is 26.3 Å². The van der Waals surface area contributed by atoms with Crippen LogP contribution < -0.4 is 0 Å². The van der Waals surface area contributed by atoms with E-state index in [1.165, 1.54) is 5.56 Å². The summed E-state index contributed by atoms with van der Waals surface area (Å²) in [5, 5.41) is 2.30. The topological polar surface area (TPSA) is 52.3 Å². The van der Waals surface area contributed by atoms with E-state index in [4.69, 9.17) is 4.74 Å². The summed E-state index contributed by atoms with van der Waals surface area (Å²) in [4.78, 5) is 20.1. The molecule has 37 heavy (non-hydrogen) atoms. The highest BCUT2D eigenvalue weighted by molar-refractivity contribution is 6.06. The highest BCUT2D eigenvalue weighted by Gasteiger charge is 2.24. The van der Waals surface area contributed by atoms with Crippen molar-refractivity contribution in [3.8, 4) is 11.1 Å². The van der Waals surface area contributed by atoms with Crippen molar-refractivity contribution < 1.29 is 9.53 Å². The third-order valence-corrected chi connectivity index (χ3v) is 7.28. The fourth-order valence-corrected chi connectivity index (χ4v) is 5.26. The maximum atomic E-state index is 13.7. The number of fused-ring (bicyclic) bond motifs is 1. The van der Waals surface area contributed by atoms with Gasteiger partial charge >= 0.3 is 0 Å². The van der Waals surface area contributed by atoms with Gasteiger partial charge in [-0.2, -0.15) is 0 Å². The zero-order chi connectivity index (χ0) is 25.2. The average molecular weight is 491 g/mol. The largest absolute Gasteiger partial charge is 0.378 e. The summed E-state index contributed by atoms with van der Waals surface area (Å²) in [5.74, 6) is 0.0520. The van der Waals surface area contributed by atoms with Gasteiger partial charge in [-0.05, 0) is 28.8 Å². The van der Waals surface area contributed by atoms with E-state index in [0.717, 1.165) is 33.2 Å². The predicted molar refractivity (Wildman–Crippen MR) is 146 cm³/mol. The summed E-state index contributed by atoms with van der Waals surface area (Å²) in [6, 6.07) is 25.2. The van der Waals surface area contributed by atoms with E-state index in [0.29, 0.717) is 32.8 Å². The number of hydrogen-bond donors (Lipinski definition) is 0. The molecule has 0 spiro atoms. The fourth-order valence-electron chi connectivity index (χ4n) is 5.26. The summed E-state index contributed by atoms with van der Waals surface area (Å²) in [5.41, 5.74) is 5.06. The van der Waals surface area contributed by atoms with Crippen LogP contribution >= 0.6 is 0 Å². The Kier molecular flexibility index (Phi) is 6.33. The normalized spacial score (nSPS) is 14.7. The van der Waals surface area contributed by atoms with Crippen LogP contribution in [0.3, 0.4) is 0 Å². The quantitative estimate of drug-likeness (QED) is 0.310. The summed E-state index contributed by atoms with van der Waals surface area (Å²) >= 11 is 0. The van der Waals surface area contributed by atoms with Crippen LogP contribution in [0.15, 0.2) is 97.7 Å². The van der Waals surface area contributed by atoms with E-state index in [1.54, 1.807) is 0 Å². The second-order valence-corrected chi connectivity index (χ2v) is 9.57. The third kappa shape index (κ3) is 4.56. The number of carbonyl (C=O) groups excluding carboxylic acids is 1. The minimum Gasteiger partial charge on any atom is -0.378 e. The average Bonchev–Trinajstić information content (AvgIpc) is 3.60. The zero-order valence-corrected chi connectivity index (χ0v) is 21.0. The molecule has 1 fully saturated rings. The molecule has 3 aromatic carbocycles. The fraction of sp³-hybridized carbons (Fsp3) is 0.226. The molecule has 6 heteroatoms. The SMILES string of the molecule is C[C@H](c1ccccc1)n1cncc1Cn1cc(C(=O)N2CCOCC2)c(-c2cccc3ccccc23)c1. The lowest BCUT2D eigenvalue weighted by Crippen LogP contribution is -2.40. The number of rotatable bonds is 6. The van der Waals surface area contributed by atoms with Crippen LogP contribution in [0.25, 0.3) is 21.9 Å². The number of benzene rings is 3. The maximum absolute atomic E-state index is 13.7. The first kappa shape index (κ1) is 23.3. The Morgan fingerprint density at radius 1 is 0.919 bits per heavy atom. The predicted octanol–water partition coefficient (Wildman–Crippen LogP) is 5.63. The van der Waals surface area contributed by atoms with Gasteiger partial charge in [0, 0.05) is 37.2 Å². The molecule has 0 N–H and O–H groups in total. The summed E-state index contributed by atoms with van der Waals surface area (Å²) in [6.07, 6.45) is 7.92. The van der Waals surface area contributed by atoms with Gasteiger partial charge in [0.15, 0.2) is 0 Å². The Balaban J connectivity index is 1.40. The standard InChI is InChI=1S/C31H30N4O2/c1-23(24-8-3-2-4-9-24)35-22-32-18-26(35)19-33-20-29(28-13-7-11-25-10-5-6-12-27(25)28)30(21-33)31(36)34-14-16-37-17-15-34/h2-13,18,20-23H,14-17,19H2,1H3/t23-/m1/s1. The lowest BCUT2D eigenvalue weighted by molar-refractivity contribution is 0.0303. The van der Waals surface area contributed by atoms with Crippen molar-refractivity contribution in [3.63, 3.8) is 0 Å². The lowest BCUT2D eigenvalue weighted by atomic mass is 9.97. The van der Waals surface area contributed by atoms with Gasteiger partial charge in [-0.1, -0.05) is 72.8 Å². The van der Waals surface area contributed by atoms with E-state index in [2.05, 4.69) is 87.9 Å². The number of amides is 1. The Hall–Kier alpha value is -4.16. The van der Waals surface area contributed by atoms with Gasteiger partial charge in [0.2, 0.25) is 0 Å². The molecule has 1 amide bonds. The first-order valence-electron chi connectivity index (χ1n) is 12.8. The minimum atomic E-state index is 0.0520. The maximum Gasteiger partial charge on any atom is 0.256 e. The molecule has 5 aromatic rings. The van der Waals surface area contributed by atoms with Crippen LogP contribution in [0, 0.1) is 0 Å². The Morgan fingerprint density at radius 3 is 2.51 bits per heavy atom. The molecular weight excluding hydrogens is 460 g/mol. The molecule has 0 unspecified atom stereocenters. The first-order chi connectivity index (χ1) is 18.2. The van der Waals surface area contributed by atoms with Crippen molar-refractivity contribution in [1.82, 2.24) is 19.0 Å². The molecule has 6 nitrogen and oxygen atoms in total. The molecule has 1 aliphatic heterocycles. The van der Waals surface area contributed by atoms with E-state index in [9.17, 15) is 4.79 Å². The molecule has 186 valence electrons. The molecule has 1 saturated heterocycles. The van der Waals surface area contributed by atoms with Gasteiger partial charge in [0.25, 0.3) is 5.91 Å². The van der Waals surface area contributed by atoms with E-state index in [1.807, 2.05) is 35.8 Å². The van der Waals surface area contributed by atoms with Gasteiger partial charge < -0.3 is 18.8 Å². The second-order valence-electron chi connectivity index (χ2n) is 9.57. The molecule has 0 aliphatic carbocycles.